The predicted octanol–water partition coefficient (Wildman–Crippen LogP) is 3.22. The van der Waals surface area contributed by atoms with Crippen LogP contribution in [0.4, 0.5) is 4.39 Å². The van der Waals surface area contributed by atoms with Crippen molar-refractivity contribution in [1.82, 2.24) is 10.6 Å². The highest BCUT2D eigenvalue weighted by Gasteiger charge is 2.25. The van der Waals surface area contributed by atoms with Crippen LogP contribution in [-0.2, 0) is 9.59 Å². The van der Waals surface area contributed by atoms with E-state index in [2.05, 4.69) is 10.6 Å². The summed E-state index contributed by atoms with van der Waals surface area (Å²) in [6.07, 6.45) is 0. The molecule has 0 aliphatic rings. The molecule has 0 saturated carbocycles. The van der Waals surface area contributed by atoms with Gasteiger partial charge in [-0.1, -0.05) is 44.2 Å². The molecule has 0 radical (unpaired) electrons. The number of rotatable bonds is 8. The van der Waals surface area contributed by atoms with Gasteiger partial charge in [-0.25, -0.2) is 4.39 Å². The van der Waals surface area contributed by atoms with E-state index in [-0.39, 0.29) is 36.2 Å². The molecule has 0 saturated heterocycles. The van der Waals surface area contributed by atoms with Crippen LogP contribution < -0.4 is 15.4 Å². The number of carbonyl (C=O) groups excluding carboxylic acids is 2. The summed E-state index contributed by atoms with van der Waals surface area (Å²) >= 11 is 0. The van der Waals surface area contributed by atoms with E-state index in [1.807, 2.05) is 39.0 Å². The number of carbonyl (C=O) groups is 2. The Labute approximate surface area is 158 Å². The first-order valence-corrected chi connectivity index (χ1v) is 8.90. The summed E-state index contributed by atoms with van der Waals surface area (Å²) in [4.78, 5) is 24.8. The molecule has 27 heavy (non-hydrogen) atoms. The van der Waals surface area contributed by atoms with E-state index in [4.69, 9.17) is 4.74 Å². The Morgan fingerprint density at radius 3 is 2.19 bits per heavy atom. The molecule has 0 aromatic heterocycles. The zero-order valence-electron chi connectivity index (χ0n) is 15.7. The molecule has 2 unspecified atom stereocenters. The van der Waals surface area contributed by atoms with Crippen LogP contribution in [0.5, 0.6) is 5.75 Å². The van der Waals surface area contributed by atoms with Crippen molar-refractivity contribution in [2.75, 3.05) is 6.61 Å². The smallest absolute Gasteiger partial charge is 0.258 e. The van der Waals surface area contributed by atoms with Crippen molar-refractivity contribution in [2.45, 2.75) is 32.9 Å². The maximum atomic E-state index is 13.0. The number of ether oxygens (including phenoxy) is 1. The second-order valence-corrected chi connectivity index (χ2v) is 6.67. The number of amides is 2. The second kappa shape index (κ2) is 9.71. The van der Waals surface area contributed by atoms with Crippen molar-refractivity contribution in [3.63, 3.8) is 0 Å². The third-order valence-corrected chi connectivity index (χ3v) is 4.11. The number of hydrogen-bond donors (Lipinski definition) is 2. The molecule has 2 amide bonds. The van der Waals surface area contributed by atoms with Gasteiger partial charge >= 0.3 is 0 Å². The molecule has 0 aliphatic heterocycles. The van der Waals surface area contributed by atoms with Gasteiger partial charge in [-0.05, 0) is 42.7 Å². The topological polar surface area (TPSA) is 67.4 Å². The molecular weight excluding hydrogens is 347 g/mol. The van der Waals surface area contributed by atoms with Crippen LogP contribution in [-0.4, -0.2) is 24.5 Å². The largest absolute Gasteiger partial charge is 0.484 e. The summed E-state index contributed by atoms with van der Waals surface area (Å²) in [7, 11) is 0. The number of nitrogens with one attached hydrogen (secondary N) is 2. The maximum Gasteiger partial charge on any atom is 0.258 e. The highest BCUT2D eigenvalue weighted by atomic mass is 19.1. The van der Waals surface area contributed by atoms with Crippen LogP contribution in [0.3, 0.4) is 0 Å². The molecule has 0 fully saturated rings. The van der Waals surface area contributed by atoms with Crippen molar-refractivity contribution < 1.29 is 18.7 Å². The minimum atomic E-state index is -0.695. The van der Waals surface area contributed by atoms with Gasteiger partial charge in [0, 0.05) is 0 Å². The van der Waals surface area contributed by atoms with Crippen LogP contribution in [0.15, 0.2) is 54.6 Å². The average molecular weight is 372 g/mol. The SMILES string of the molecule is CC(NC(=O)C(NC(=O)COc1ccccc1)C(C)C)c1ccc(F)cc1. The molecule has 2 rings (SSSR count). The van der Waals surface area contributed by atoms with Crippen LogP contribution in [0, 0.1) is 11.7 Å². The third-order valence-electron chi connectivity index (χ3n) is 4.11. The Bertz CT molecular complexity index is 748. The minimum absolute atomic E-state index is 0.105. The van der Waals surface area contributed by atoms with Crippen molar-refractivity contribution in [2.24, 2.45) is 5.92 Å². The lowest BCUT2D eigenvalue weighted by molar-refractivity contribution is -0.131. The van der Waals surface area contributed by atoms with Crippen LogP contribution >= 0.6 is 0 Å². The number of para-hydroxylation sites is 1. The lowest BCUT2D eigenvalue weighted by Gasteiger charge is -2.24. The van der Waals surface area contributed by atoms with E-state index in [0.717, 1.165) is 5.56 Å². The summed E-state index contributed by atoms with van der Waals surface area (Å²) in [6, 6.07) is 13.9. The quantitative estimate of drug-likeness (QED) is 0.748. The molecule has 0 spiro atoms. The third kappa shape index (κ3) is 6.40. The van der Waals surface area contributed by atoms with Gasteiger partial charge in [0.1, 0.15) is 17.6 Å². The summed E-state index contributed by atoms with van der Waals surface area (Å²) in [6.45, 7) is 5.34. The highest BCUT2D eigenvalue weighted by molar-refractivity contribution is 5.88. The first-order chi connectivity index (χ1) is 12.9. The molecule has 0 heterocycles. The van der Waals surface area contributed by atoms with Gasteiger partial charge in [0.15, 0.2) is 6.61 Å². The minimum Gasteiger partial charge on any atom is -0.484 e. The van der Waals surface area contributed by atoms with E-state index in [0.29, 0.717) is 5.75 Å². The Balaban J connectivity index is 1.91. The fraction of sp³-hybridized carbons (Fsp3) is 0.333. The van der Waals surface area contributed by atoms with Crippen LogP contribution in [0.2, 0.25) is 0 Å². The van der Waals surface area contributed by atoms with Crippen molar-refractivity contribution in [3.05, 3.63) is 66.0 Å². The van der Waals surface area contributed by atoms with Crippen LogP contribution in [0.1, 0.15) is 32.4 Å². The fourth-order valence-corrected chi connectivity index (χ4v) is 2.55. The number of halogens is 1. The van der Waals surface area contributed by atoms with Crippen molar-refractivity contribution in [1.29, 1.82) is 0 Å². The Hall–Kier alpha value is -2.89. The molecule has 2 N–H and O–H groups in total. The Morgan fingerprint density at radius 2 is 1.59 bits per heavy atom. The standard InChI is InChI=1S/C21H25FN2O3/c1-14(2)20(24-19(25)13-27-18-7-5-4-6-8-18)21(26)23-15(3)16-9-11-17(22)12-10-16/h4-12,14-15,20H,13H2,1-3H3,(H,23,26)(H,24,25). The zero-order chi connectivity index (χ0) is 19.8. The highest BCUT2D eigenvalue weighted by Crippen LogP contribution is 2.14. The van der Waals surface area contributed by atoms with Crippen molar-refractivity contribution in [3.8, 4) is 5.75 Å². The first kappa shape index (κ1) is 20.4. The second-order valence-electron chi connectivity index (χ2n) is 6.67. The van der Waals surface area contributed by atoms with Crippen LogP contribution in [0.25, 0.3) is 0 Å². The van der Waals surface area contributed by atoms with E-state index in [1.165, 1.54) is 12.1 Å². The molecular formula is C21H25FN2O3. The Kier molecular flexibility index (Phi) is 7.34. The van der Waals surface area contributed by atoms with E-state index >= 15 is 0 Å². The Morgan fingerprint density at radius 1 is 0.963 bits per heavy atom. The van der Waals surface area contributed by atoms with Gasteiger partial charge in [0.25, 0.3) is 5.91 Å². The van der Waals surface area contributed by atoms with Crippen molar-refractivity contribution >= 4 is 11.8 Å². The maximum absolute atomic E-state index is 13.0. The normalized spacial score (nSPS) is 12.9. The van der Waals surface area contributed by atoms with E-state index in [1.54, 1.807) is 24.3 Å². The zero-order valence-corrected chi connectivity index (χ0v) is 15.7. The lowest BCUT2D eigenvalue weighted by Crippen LogP contribution is -2.51. The van der Waals surface area contributed by atoms with Gasteiger partial charge in [0.05, 0.1) is 6.04 Å². The average Bonchev–Trinajstić information content (AvgIpc) is 2.65. The molecule has 2 aromatic rings. The van der Waals surface area contributed by atoms with Gasteiger partial charge in [0.2, 0.25) is 5.91 Å². The summed E-state index contributed by atoms with van der Waals surface area (Å²) in [5.74, 6) is -0.519. The molecule has 6 heteroatoms. The summed E-state index contributed by atoms with van der Waals surface area (Å²) in [5.41, 5.74) is 0.783. The molecule has 0 aliphatic carbocycles. The summed E-state index contributed by atoms with van der Waals surface area (Å²) < 4.78 is 18.4. The lowest BCUT2D eigenvalue weighted by atomic mass is 10.0. The first-order valence-electron chi connectivity index (χ1n) is 8.90. The van der Waals surface area contributed by atoms with Gasteiger partial charge in [-0.3, -0.25) is 9.59 Å². The van der Waals surface area contributed by atoms with E-state index in [9.17, 15) is 14.0 Å². The van der Waals surface area contributed by atoms with E-state index < -0.39 is 6.04 Å². The molecule has 0 bridgehead atoms. The number of benzene rings is 2. The number of hydrogen-bond acceptors (Lipinski definition) is 3. The van der Waals surface area contributed by atoms with Gasteiger partial charge in [-0.15, -0.1) is 0 Å². The fourth-order valence-electron chi connectivity index (χ4n) is 2.55. The molecule has 144 valence electrons. The monoisotopic (exact) mass is 372 g/mol. The molecule has 2 atom stereocenters. The van der Waals surface area contributed by atoms with Gasteiger partial charge < -0.3 is 15.4 Å². The molecule has 2 aromatic carbocycles. The molecule has 5 nitrogen and oxygen atoms in total. The van der Waals surface area contributed by atoms with Gasteiger partial charge in [-0.2, -0.15) is 0 Å². The predicted molar refractivity (Wildman–Crippen MR) is 102 cm³/mol. The summed E-state index contributed by atoms with van der Waals surface area (Å²) in [5, 5.41) is 5.58.